The van der Waals surface area contributed by atoms with E-state index >= 15 is 0 Å². The number of benzene rings is 17. The summed E-state index contributed by atoms with van der Waals surface area (Å²) in [4.78, 5) is 5.34. The van der Waals surface area contributed by atoms with Crippen molar-refractivity contribution in [2.75, 3.05) is 9.80 Å². The predicted molar refractivity (Wildman–Crippen MR) is 453 cm³/mol. The van der Waals surface area contributed by atoms with Crippen molar-refractivity contribution in [3.63, 3.8) is 0 Å². The van der Waals surface area contributed by atoms with E-state index in [4.69, 9.17) is 8.83 Å². The average Bonchev–Trinajstić information content (AvgIpc) is 0.715. The van der Waals surface area contributed by atoms with E-state index in [2.05, 4.69) is 403 Å². The number of nitrogens with zero attached hydrogens (tertiary/aromatic N) is 3. The Hall–Kier alpha value is -14.2. The van der Waals surface area contributed by atoms with Gasteiger partial charge in [0.15, 0.2) is 0 Å². The fourth-order valence-corrected chi connectivity index (χ4v) is 17.8. The zero-order chi connectivity index (χ0) is 70.9. The Balaban J connectivity index is 0.925. The molecule has 0 unspecified atom stereocenters. The van der Waals surface area contributed by atoms with E-state index in [1.54, 1.807) is 0 Å². The molecule has 0 amide bonds. The third kappa shape index (κ3) is 9.67. The van der Waals surface area contributed by atoms with Crippen molar-refractivity contribution < 1.29 is 8.83 Å². The van der Waals surface area contributed by atoms with Gasteiger partial charge in [0.25, 0.3) is 6.71 Å². The van der Waals surface area contributed by atoms with E-state index in [0.717, 1.165) is 184 Å². The van der Waals surface area contributed by atoms with Gasteiger partial charge in [0.2, 0.25) is 0 Å². The third-order valence-corrected chi connectivity index (χ3v) is 22.5. The molecule has 502 valence electrons. The summed E-state index contributed by atoms with van der Waals surface area (Å²) in [6.07, 6.45) is 0. The minimum absolute atomic E-state index is 0.317. The normalized spacial score (nSPS) is 12.4. The monoisotopic (exact) mass is 1370 g/mol. The number of furan rings is 2. The molecule has 2 aliphatic rings. The molecule has 0 atom stereocenters. The first-order valence-electron chi connectivity index (χ1n) is 37.1. The molecular formula is C102H64BN3O2. The van der Waals surface area contributed by atoms with Crippen molar-refractivity contribution in [2.45, 2.75) is 0 Å². The average molecular weight is 1370 g/mol. The van der Waals surface area contributed by atoms with Gasteiger partial charge in [0.1, 0.15) is 22.3 Å². The summed E-state index contributed by atoms with van der Waals surface area (Å²) in [6.45, 7) is -0.317. The van der Waals surface area contributed by atoms with Gasteiger partial charge in [-0.2, -0.15) is 0 Å². The molecule has 3 aromatic heterocycles. The summed E-state index contributed by atoms with van der Waals surface area (Å²) in [5.41, 5.74) is 34.0. The van der Waals surface area contributed by atoms with Crippen LogP contribution in [-0.2, 0) is 0 Å². The lowest BCUT2D eigenvalue weighted by atomic mass is 9.33. The van der Waals surface area contributed by atoms with Crippen molar-refractivity contribution in [3.8, 4) is 94.7 Å². The van der Waals surface area contributed by atoms with Crippen molar-refractivity contribution in [3.05, 3.63) is 388 Å². The minimum Gasteiger partial charge on any atom is -0.455 e. The van der Waals surface area contributed by atoms with Gasteiger partial charge in [-0.3, -0.25) is 0 Å². The minimum atomic E-state index is -0.317. The number of aromatic nitrogens is 1. The van der Waals surface area contributed by atoms with Gasteiger partial charge in [-0.1, -0.05) is 315 Å². The first-order chi connectivity index (χ1) is 53.6. The van der Waals surface area contributed by atoms with Gasteiger partial charge < -0.3 is 23.2 Å². The van der Waals surface area contributed by atoms with Gasteiger partial charge in [-0.25, -0.2) is 0 Å². The quantitative estimate of drug-likeness (QED) is 0.121. The highest BCUT2D eigenvalue weighted by Crippen LogP contribution is 2.56. The molecule has 2 aliphatic heterocycles. The number of rotatable bonds is 11. The standard InChI is InChI=1S/C102H64BN3O2/c1-7-29-65(30-8-1)71-53-55-92-88(61-71)103-89-62-72(66-31-9-2-10-32-66)54-56-93(89)106(100-86(69-37-15-5-16-38-69)59-74(60-87(100)70-39-17-6-18-40-70)77-46-28-48-83-81-44-22-26-52-97(81)108-102(77)83)95-64-75(104-90-49-23-19-41-78(90)79-42-20-24-50-91(79)104)63-94(98(95)103)105(92)99-84(67-33-11-3-12-34-67)57-73(58-85(99)68-35-13-4-14-36-68)76-45-27-47-82-80-43-21-25-51-96(80)107-101(76)82/h1-64H. The zero-order valence-corrected chi connectivity index (χ0v) is 58.7. The summed E-state index contributed by atoms with van der Waals surface area (Å²) in [6, 6.07) is 143. The van der Waals surface area contributed by atoms with Gasteiger partial charge in [0, 0.05) is 88.4 Å². The Morgan fingerprint density at radius 1 is 0.213 bits per heavy atom. The number of hydrogen-bond donors (Lipinski definition) is 0. The molecule has 0 aliphatic carbocycles. The molecule has 17 aromatic carbocycles. The van der Waals surface area contributed by atoms with Crippen LogP contribution in [0.25, 0.3) is 160 Å². The largest absolute Gasteiger partial charge is 0.455 e. The molecule has 108 heavy (non-hydrogen) atoms. The molecule has 6 heteroatoms. The third-order valence-electron chi connectivity index (χ3n) is 22.5. The Morgan fingerprint density at radius 3 is 0.917 bits per heavy atom. The predicted octanol–water partition coefficient (Wildman–Crippen LogP) is 26.0. The smallest absolute Gasteiger partial charge is 0.252 e. The van der Waals surface area contributed by atoms with Gasteiger partial charge in [-0.15, -0.1) is 0 Å². The lowest BCUT2D eigenvalue weighted by molar-refractivity contribution is 0.669. The summed E-state index contributed by atoms with van der Waals surface area (Å²) in [7, 11) is 0. The van der Waals surface area contributed by atoms with Crippen LogP contribution in [0.3, 0.4) is 0 Å². The molecule has 5 nitrogen and oxygen atoms in total. The second-order valence-corrected chi connectivity index (χ2v) is 28.5. The zero-order valence-electron chi connectivity index (χ0n) is 58.7. The number of para-hydroxylation sites is 6. The maximum atomic E-state index is 6.99. The van der Waals surface area contributed by atoms with E-state index in [9.17, 15) is 0 Å². The van der Waals surface area contributed by atoms with Crippen LogP contribution < -0.4 is 26.2 Å². The van der Waals surface area contributed by atoms with Crippen LogP contribution in [0.1, 0.15) is 0 Å². The lowest BCUT2D eigenvalue weighted by Gasteiger charge is -2.46. The number of hydrogen-bond acceptors (Lipinski definition) is 4. The van der Waals surface area contributed by atoms with Crippen LogP contribution in [0.15, 0.2) is 397 Å². The highest BCUT2D eigenvalue weighted by Gasteiger charge is 2.46. The summed E-state index contributed by atoms with van der Waals surface area (Å²) in [5.74, 6) is 0. The molecule has 0 spiro atoms. The Morgan fingerprint density at radius 2 is 0.537 bits per heavy atom. The van der Waals surface area contributed by atoms with Gasteiger partial charge in [0.05, 0.1) is 28.1 Å². The molecular weight excluding hydrogens is 1310 g/mol. The number of anilines is 6. The fraction of sp³-hybridized carbons (Fsp3) is 0. The van der Waals surface area contributed by atoms with E-state index in [1.807, 2.05) is 0 Å². The first-order valence-corrected chi connectivity index (χ1v) is 37.1. The topological polar surface area (TPSA) is 37.7 Å². The van der Waals surface area contributed by atoms with Crippen molar-refractivity contribution in [1.29, 1.82) is 0 Å². The van der Waals surface area contributed by atoms with Crippen LogP contribution in [0, 0.1) is 0 Å². The van der Waals surface area contributed by atoms with Gasteiger partial charge in [-0.05, 0) is 145 Å². The Labute approximate surface area is 625 Å². The highest BCUT2D eigenvalue weighted by atomic mass is 16.3. The van der Waals surface area contributed by atoms with E-state index in [1.165, 1.54) is 27.2 Å². The number of fused-ring (bicyclic) bond motifs is 13. The summed E-state index contributed by atoms with van der Waals surface area (Å²) in [5, 5.41) is 6.72. The molecule has 0 saturated carbocycles. The molecule has 22 rings (SSSR count). The molecule has 0 fully saturated rings. The lowest BCUT2D eigenvalue weighted by Crippen LogP contribution is -2.61. The van der Waals surface area contributed by atoms with Crippen molar-refractivity contribution >= 4 is 123 Å². The first kappa shape index (κ1) is 61.3. The second-order valence-electron chi connectivity index (χ2n) is 28.5. The van der Waals surface area contributed by atoms with E-state index < -0.39 is 0 Å². The molecule has 5 heterocycles. The fourth-order valence-electron chi connectivity index (χ4n) is 17.8. The van der Waals surface area contributed by atoms with Crippen molar-refractivity contribution in [2.24, 2.45) is 0 Å². The molecule has 0 saturated heterocycles. The Bertz CT molecular complexity index is 6450. The van der Waals surface area contributed by atoms with Gasteiger partial charge >= 0.3 is 0 Å². The SMILES string of the molecule is c1ccc(-c2ccc3c(c2)B2c4cc(-c5ccccc5)ccc4N(c4c(-c5ccccc5)cc(-c5cccc6c5oc5ccccc56)cc4-c4ccccc4)c4cc(-n5c6ccccc6c6ccccc65)cc(c42)N3c2c(-c3ccccc3)cc(-c3cccc4c3oc3ccccc34)cc2-c2ccccc2)cc1. The molecule has 0 N–H and O–H groups in total. The summed E-state index contributed by atoms with van der Waals surface area (Å²) < 4.78 is 16.5. The van der Waals surface area contributed by atoms with Crippen LogP contribution in [0.5, 0.6) is 0 Å². The van der Waals surface area contributed by atoms with E-state index in [-0.39, 0.29) is 6.71 Å². The molecule has 20 aromatic rings. The van der Waals surface area contributed by atoms with Crippen LogP contribution in [-0.4, -0.2) is 11.3 Å². The highest BCUT2D eigenvalue weighted by molar-refractivity contribution is 7.00. The van der Waals surface area contributed by atoms with Crippen LogP contribution in [0.4, 0.5) is 34.1 Å². The van der Waals surface area contributed by atoms with Crippen LogP contribution in [0.2, 0.25) is 0 Å². The van der Waals surface area contributed by atoms with Crippen LogP contribution >= 0.6 is 0 Å². The second kappa shape index (κ2) is 24.7. The van der Waals surface area contributed by atoms with E-state index in [0.29, 0.717) is 0 Å². The maximum absolute atomic E-state index is 6.99. The summed E-state index contributed by atoms with van der Waals surface area (Å²) >= 11 is 0. The molecule has 0 radical (unpaired) electrons. The molecule has 0 bridgehead atoms. The maximum Gasteiger partial charge on any atom is 0.252 e. The van der Waals surface area contributed by atoms with Crippen molar-refractivity contribution in [1.82, 2.24) is 4.57 Å². The Kier molecular flexibility index (Phi) is 14.0.